The van der Waals surface area contributed by atoms with Gasteiger partial charge in [-0.1, -0.05) is 11.6 Å². The molecule has 1 atom stereocenters. The van der Waals surface area contributed by atoms with E-state index in [1.54, 1.807) is 24.3 Å². The van der Waals surface area contributed by atoms with Gasteiger partial charge in [-0.2, -0.15) is 0 Å². The molecule has 0 spiro atoms. The van der Waals surface area contributed by atoms with E-state index < -0.39 is 6.04 Å². The first-order valence-corrected chi connectivity index (χ1v) is 8.19. The molecule has 2 aliphatic heterocycles. The molecule has 3 rings (SSSR count). The van der Waals surface area contributed by atoms with Crippen molar-refractivity contribution in [3.8, 4) is 0 Å². The van der Waals surface area contributed by atoms with Crippen molar-refractivity contribution >= 4 is 29.1 Å². The van der Waals surface area contributed by atoms with E-state index in [4.69, 9.17) is 16.3 Å². The maximum Gasteiger partial charge on any atom is 0.251 e. The van der Waals surface area contributed by atoms with E-state index in [0.717, 1.165) is 32.8 Å². The molecule has 0 aromatic heterocycles. The summed E-state index contributed by atoms with van der Waals surface area (Å²) in [6.45, 7) is 4.86. The Bertz CT molecular complexity index is 572. The van der Waals surface area contributed by atoms with E-state index >= 15 is 0 Å². The zero-order valence-electron chi connectivity index (χ0n) is 12.8. The van der Waals surface area contributed by atoms with Gasteiger partial charge in [-0.25, -0.2) is 4.90 Å². The van der Waals surface area contributed by atoms with E-state index in [1.165, 1.54) is 4.90 Å². The van der Waals surface area contributed by atoms with Crippen LogP contribution in [0.4, 0.5) is 5.69 Å². The first-order valence-electron chi connectivity index (χ1n) is 7.81. The Labute approximate surface area is 140 Å². The van der Waals surface area contributed by atoms with Gasteiger partial charge in [-0.05, 0) is 24.3 Å². The van der Waals surface area contributed by atoms with Crippen molar-refractivity contribution in [1.82, 2.24) is 10.2 Å². The molecule has 0 aliphatic carbocycles. The van der Waals surface area contributed by atoms with Crippen LogP contribution in [0.25, 0.3) is 0 Å². The summed E-state index contributed by atoms with van der Waals surface area (Å²) in [5.74, 6) is -0.375. The molecule has 7 heteroatoms. The zero-order valence-corrected chi connectivity index (χ0v) is 13.6. The topological polar surface area (TPSA) is 61.9 Å². The van der Waals surface area contributed by atoms with Gasteiger partial charge in [0, 0.05) is 31.2 Å². The number of carbonyl (C=O) groups is 2. The van der Waals surface area contributed by atoms with Crippen molar-refractivity contribution in [2.75, 3.05) is 44.3 Å². The van der Waals surface area contributed by atoms with Crippen molar-refractivity contribution < 1.29 is 14.3 Å². The van der Waals surface area contributed by atoms with Crippen LogP contribution in [-0.4, -0.2) is 62.1 Å². The highest BCUT2D eigenvalue weighted by atomic mass is 35.5. The number of hydrogen-bond acceptors (Lipinski definition) is 5. The molecule has 2 heterocycles. The number of imide groups is 1. The van der Waals surface area contributed by atoms with Crippen LogP contribution in [-0.2, 0) is 14.3 Å². The minimum atomic E-state index is -0.445. The smallest absolute Gasteiger partial charge is 0.251 e. The molecule has 0 saturated carbocycles. The summed E-state index contributed by atoms with van der Waals surface area (Å²) in [4.78, 5) is 28.1. The molecule has 0 bridgehead atoms. The average molecular weight is 338 g/mol. The highest BCUT2D eigenvalue weighted by Crippen LogP contribution is 2.24. The molecule has 0 unspecified atom stereocenters. The second-order valence-corrected chi connectivity index (χ2v) is 6.15. The number of ether oxygens (including phenoxy) is 1. The Morgan fingerprint density at radius 2 is 1.87 bits per heavy atom. The number of hydrogen-bond donors (Lipinski definition) is 1. The van der Waals surface area contributed by atoms with Crippen LogP contribution in [0.5, 0.6) is 0 Å². The lowest BCUT2D eigenvalue weighted by Gasteiger charge is -2.27. The molecule has 23 heavy (non-hydrogen) atoms. The summed E-state index contributed by atoms with van der Waals surface area (Å²) in [6, 6.07) is 6.29. The largest absolute Gasteiger partial charge is 0.379 e. The summed E-state index contributed by atoms with van der Waals surface area (Å²) < 4.78 is 5.31. The third-order valence-corrected chi connectivity index (χ3v) is 4.41. The van der Waals surface area contributed by atoms with Crippen LogP contribution >= 0.6 is 11.6 Å². The number of carbonyl (C=O) groups excluding carboxylic acids is 2. The standard InChI is InChI=1S/C16H20ClN3O3/c17-12-1-3-13(4-2-12)20-15(21)11-14(16(20)22)18-5-6-19-7-9-23-10-8-19/h1-4,14,18H,5-11H2/t14-/m1/s1. The number of nitrogens with one attached hydrogen (secondary N) is 1. The molecular formula is C16H20ClN3O3. The van der Waals surface area contributed by atoms with Crippen molar-refractivity contribution in [3.05, 3.63) is 29.3 Å². The lowest BCUT2D eigenvalue weighted by molar-refractivity contribution is -0.121. The average Bonchev–Trinajstić information content (AvgIpc) is 2.84. The fourth-order valence-corrected chi connectivity index (χ4v) is 3.00. The van der Waals surface area contributed by atoms with Crippen LogP contribution in [0.15, 0.2) is 24.3 Å². The van der Waals surface area contributed by atoms with Crippen LogP contribution in [0.2, 0.25) is 5.02 Å². The molecule has 2 aliphatic rings. The summed E-state index contributed by atoms with van der Waals surface area (Å²) >= 11 is 5.85. The highest BCUT2D eigenvalue weighted by molar-refractivity contribution is 6.30. The molecule has 2 fully saturated rings. The van der Waals surface area contributed by atoms with Crippen LogP contribution in [0, 0.1) is 0 Å². The lowest BCUT2D eigenvalue weighted by atomic mass is 10.2. The SMILES string of the molecule is O=C1C[C@@H](NCCN2CCOCC2)C(=O)N1c1ccc(Cl)cc1. The predicted octanol–water partition coefficient (Wildman–Crippen LogP) is 0.894. The van der Waals surface area contributed by atoms with E-state index in [-0.39, 0.29) is 18.2 Å². The van der Waals surface area contributed by atoms with Gasteiger partial charge < -0.3 is 10.1 Å². The molecule has 2 saturated heterocycles. The van der Waals surface area contributed by atoms with E-state index in [1.807, 2.05) is 0 Å². The normalized spacial score (nSPS) is 22.8. The van der Waals surface area contributed by atoms with Crippen LogP contribution in [0.1, 0.15) is 6.42 Å². The monoisotopic (exact) mass is 337 g/mol. The van der Waals surface area contributed by atoms with E-state index in [0.29, 0.717) is 17.3 Å². The van der Waals surface area contributed by atoms with Crippen molar-refractivity contribution in [2.45, 2.75) is 12.5 Å². The maximum absolute atomic E-state index is 12.5. The quantitative estimate of drug-likeness (QED) is 0.809. The van der Waals surface area contributed by atoms with Gasteiger partial charge in [-0.3, -0.25) is 14.5 Å². The van der Waals surface area contributed by atoms with Gasteiger partial charge in [0.25, 0.3) is 5.91 Å². The summed E-state index contributed by atoms with van der Waals surface area (Å²) in [5.41, 5.74) is 0.571. The molecule has 124 valence electrons. The minimum absolute atomic E-state index is 0.179. The van der Waals surface area contributed by atoms with Gasteiger partial charge >= 0.3 is 0 Å². The molecular weight excluding hydrogens is 318 g/mol. The second-order valence-electron chi connectivity index (χ2n) is 5.71. The number of rotatable bonds is 5. The Hall–Kier alpha value is -1.47. The maximum atomic E-state index is 12.5. The van der Waals surface area contributed by atoms with Gasteiger partial charge in [0.15, 0.2) is 0 Å². The molecule has 1 N–H and O–H groups in total. The van der Waals surface area contributed by atoms with Gasteiger partial charge in [0.1, 0.15) is 0 Å². The Morgan fingerprint density at radius 3 is 2.57 bits per heavy atom. The third kappa shape index (κ3) is 3.90. The van der Waals surface area contributed by atoms with Gasteiger partial charge in [0.2, 0.25) is 5.91 Å². The fourth-order valence-electron chi connectivity index (χ4n) is 2.87. The third-order valence-electron chi connectivity index (χ3n) is 4.15. The Morgan fingerprint density at radius 1 is 1.17 bits per heavy atom. The molecule has 1 aromatic carbocycles. The molecule has 0 radical (unpaired) electrons. The van der Waals surface area contributed by atoms with Gasteiger partial charge in [0.05, 0.1) is 31.4 Å². The van der Waals surface area contributed by atoms with Crippen molar-refractivity contribution in [3.63, 3.8) is 0 Å². The fraction of sp³-hybridized carbons (Fsp3) is 0.500. The lowest BCUT2D eigenvalue weighted by Crippen LogP contribution is -2.44. The van der Waals surface area contributed by atoms with Crippen molar-refractivity contribution in [1.29, 1.82) is 0 Å². The first kappa shape index (κ1) is 16.4. The first-order chi connectivity index (χ1) is 11.1. The number of benzene rings is 1. The number of nitrogens with zero attached hydrogens (tertiary/aromatic N) is 2. The Balaban J connectivity index is 1.54. The summed E-state index contributed by atoms with van der Waals surface area (Å²) in [7, 11) is 0. The van der Waals surface area contributed by atoms with Gasteiger partial charge in [-0.15, -0.1) is 0 Å². The number of anilines is 1. The van der Waals surface area contributed by atoms with E-state index in [9.17, 15) is 9.59 Å². The van der Waals surface area contributed by atoms with Crippen molar-refractivity contribution in [2.24, 2.45) is 0 Å². The molecule has 2 amide bonds. The number of amides is 2. The number of morpholine rings is 1. The number of halogens is 1. The predicted molar refractivity (Wildman–Crippen MR) is 87.6 cm³/mol. The zero-order chi connectivity index (χ0) is 16.2. The minimum Gasteiger partial charge on any atom is -0.379 e. The molecule has 1 aromatic rings. The highest BCUT2D eigenvalue weighted by Gasteiger charge is 2.39. The molecule has 6 nitrogen and oxygen atoms in total. The van der Waals surface area contributed by atoms with E-state index in [2.05, 4.69) is 10.2 Å². The summed E-state index contributed by atoms with van der Waals surface area (Å²) in [6.07, 6.45) is 0.199. The summed E-state index contributed by atoms with van der Waals surface area (Å²) in [5, 5.41) is 3.78. The second kappa shape index (κ2) is 7.40. The van der Waals surface area contributed by atoms with Crippen LogP contribution < -0.4 is 10.2 Å². The Kier molecular flexibility index (Phi) is 5.27. The van der Waals surface area contributed by atoms with Crippen LogP contribution in [0.3, 0.4) is 0 Å².